The Morgan fingerprint density at radius 2 is 2.11 bits per heavy atom. The van der Waals surface area contributed by atoms with Crippen LogP contribution in [0, 0.1) is 6.92 Å². The van der Waals surface area contributed by atoms with Crippen molar-refractivity contribution in [2.45, 2.75) is 13.5 Å². The van der Waals surface area contributed by atoms with E-state index < -0.39 is 0 Å². The third-order valence-electron chi connectivity index (χ3n) is 3.42. The third-order valence-corrected chi connectivity index (χ3v) is 3.42. The maximum absolute atomic E-state index is 12.1. The lowest BCUT2D eigenvalue weighted by molar-refractivity contribution is 0.0336. The monoisotopic (exact) mass is 259 g/mol. The molecule has 1 aliphatic heterocycles. The molecule has 0 unspecified atom stereocenters. The molecule has 0 spiro atoms. The minimum Gasteiger partial charge on any atom is -0.379 e. The maximum atomic E-state index is 12.1. The Morgan fingerprint density at radius 3 is 2.89 bits per heavy atom. The van der Waals surface area contributed by atoms with Crippen LogP contribution in [0.1, 0.15) is 11.4 Å². The van der Waals surface area contributed by atoms with Crippen LogP contribution in [0.3, 0.4) is 0 Å². The van der Waals surface area contributed by atoms with Crippen LogP contribution in [-0.2, 0) is 11.3 Å². The summed E-state index contributed by atoms with van der Waals surface area (Å²) in [6, 6.07) is 7.35. The van der Waals surface area contributed by atoms with Gasteiger partial charge in [-0.2, -0.15) is 0 Å². The van der Waals surface area contributed by atoms with Crippen molar-refractivity contribution in [2.24, 2.45) is 0 Å². The van der Waals surface area contributed by atoms with E-state index in [9.17, 15) is 4.79 Å². The molecule has 5 heteroatoms. The zero-order valence-corrected chi connectivity index (χ0v) is 11.0. The molecule has 0 aliphatic carbocycles. The van der Waals surface area contributed by atoms with E-state index in [2.05, 4.69) is 9.88 Å². The summed E-state index contributed by atoms with van der Waals surface area (Å²) in [6.45, 7) is 5.93. The summed E-state index contributed by atoms with van der Waals surface area (Å²) in [6.07, 6.45) is 0. The number of ether oxygens (including phenoxy) is 1. The Bertz CT molecular complexity index is 645. The van der Waals surface area contributed by atoms with Gasteiger partial charge in [-0.25, -0.2) is 4.98 Å². The molecule has 1 aliphatic rings. The van der Waals surface area contributed by atoms with Crippen molar-refractivity contribution in [1.82, 2.24) is 14.3 Å². The molecule has 0 saturated carbocycles. The second kappa shape index (κ2) is 5.11. The molecule has 100 valence electrons. The fourth-order valence-electron chi connectivity index (χ4n) is 2.43. The first-order chi connectivity index (χ1) is 9.24. The zero-order chi connectivity index (χ0) is 13.2. The molecule has 3 heterocycles. The smallest absolute Gasteiger partial charge is 0.258 e. The van der Waals surface area contributed by atoms with Gasteiger partial charge in [-0.1, -0.05) is 6.07 Å². The predicted molar refractivity (Wildman–Crippen MR) is 72.3 cm³/mol. The number of hydrogen-bond donors (Lipinski definition) is 0. The van der Waals surface area contributed by atoms with Gasteiger partial charge < -0.3 is 4.74 Å². The van der Waals surface area contributed by atoms with Gasteiger partial charge in [-0.15, -0.1) is 0 Å². The number of fused-ring (bicyclic) bond motifs is 1. The van der Waals surface area contributed by atoms with E-state index in [0.29, 0.717) is 6.54 Å². The Labute approximate surface area is 111 Å². The quantitative estimate of drug-likeness (QED) is 0.801. The third kappa shape index (κ3) is 2.52. The molecular weight excluding hydrogens is 242 g/mol. The van der Waals surface area contributed by atoms with Crippen LogP contribution in [0.2, 0.25) is 0 Å². The average molecular weight is 259 g/mol. The number of hydrogen-bond acceptors (Lipinski definition) is 4. The normalized spacial score (nSPS) is 16.9. The summed E-state index contributed by atoms with van der Waals surface area (Å²) < 4.78 is 6.96. The van der Waals surface area contributed by atoms with Gasteiger partial charge in [0.1, 0.15) is 5.65 Å². The van der Waals surface area contributed by atoms with Crippen molar-refractivity contribution < 1.29 is 4.74 Å². The van der Waals surface area contributed by atoms with Crippen molar-refractivity contribution in [3.8, 4) is 0 Å². The summed E-state index contributed by atoms with van der Waals surface area (Å²) in [5.74, 6) is 0. The molecule has 0 aromatic carbocycles. The lowest BCUT2D eigenvalue weighted by atomic mass is 10.3. The molecule has 2 aromatic heterocycles. The Morgan fingerprint density at radius 1 is 1.32 bits per heavy atom. The van der Waals surface area contributed by atoms with Gasteiger partial charge in [0.2, 0.25) is 0 Å². The van der Waals surface area contributed by atoms with E-state index in [1.807, 2.05) is 25.1 Å². The first-order valence-corrected chi connectivity index (χ1v) is 6.52. The van der Waals surface area contributed by atoms with Crippen molar-refractivity contribution in [3.05, 3.63) is 46.0 Å². The summed E-state index contributed by atoms with van der Waals surface area (Å²) in [5, 5.41) is 0. The fraction of sp³-hybridized carbons (Fsp3) is 0.429. The maximum Gasteiger partial charge on any atom is 0.258 e. The minimum atomic E-state index is -0.00800. The highest BCUT2D eigenvalue weighted by molar-refractivity contribution is 5.40. The highest BCUT2D eigenvalue weighted by atomic mass is 16.5. The SMILES string of the molecule is Cc1cccc2nc(CN3CCOCC3)cc(=O)n12. The van der Waals surface area contributed by atoms with Gasteiger partial charge in [0.25, 0.3) is 5.56 Å². The number of pyridine rings is 1. The minimum absolute atomic E-state index is 0.00800. The first kappa shape index (κ1) is 12.3. The van der Waals surface area contributed by atoms with Crippen LogP contribution < -0.4 is 5.56 Å². The molecule has 0 amide bonds. The first-order valence-electron chi connectivity index (χ1n) is 6.52. The molecule has 19 heavy (non-hydrogen) atoms. The van der Waals surface area contributed by atoms with Crippen LogP contribution >= 0.6 is 0 Å². The molecule has 0 radical (unpaired) electrons. The summed E-state index contributed by atoms with van der Waals surface area (Å²) in [5.41, 5.74) is 2.45. The van der Waals surface area contributed by atoms with Crippen LogP contribution in [0.25, 0.3) is 5.65 Å². The van der Waals surface area contributed by atoms with Crippen molar-refractivity contribution in [2.75, 3.05) is 26.3 Å². The van der Waals surface area contributed by atoms with E-state index in [1.165, 1.54) is 0 Å². The molecule has 0 bridgehead atoms. The molecule has 1 saturated heterocycles. The van der Waals surface area contributed by atoms with Crippen LogP contribution in [0.4, 0.5) is 0 Å². The molecule has 3 rings (SSSR count). The highest BCUT2D eigenvalue weighted by Gasteiger charge is 2.12. The average Bonchev–Trinajstić information content (AvgIpc) is 2.39. The lowest BCUT2D eigenvalue weighted by Gasteiger charge is -2.26. The number of nitrogens with zero attached hydrogens (tertiary/aromatic N) is 3. The Balaban J connectivity index is 1.94. The lowest BCUT2D eigenvalue weighted by Crippen LogP contribution is -2.36. The number of aryl methyl sites for hydroxylation is 1. The summed E-state index contributed by atoms with van der Waals surface area (Å²) in [4.78, 5) is 19.0. The Hall–Kier alpha value is -1.72. The van der Waals surface area contributed by atoms with Gasteiger partial charge in [0.15, 0.2) is 0 Å². The largest absolute Gasteiger partial charge is 0.379 e. The van der Waals surface area contributed by atoms with Gasteiger partial charge in [-0.3, -0.25) is 14.1 Å². The van der Waals surface area contributed by atoms with E-state index in [0.717, 1.165) is 43.3 Å². The van der Waals surface area contributed by atoms with Crippen LogP contribution in [-0.4, -0.2) is 40.6 Å². The second-order valence-corrected chi connectivity index (χ2v) is 4.84. The fourth-order valence-corrected chi connectivity index (χ4v) is 2.43. The van der Waals surface area contributed by atoms with Gasteiger partial charge >= 0.3 is 0 Å². The van der Waals surface area contributed by atoms with Crippen LogP contribution in [0.15, 0.2) is 29.1 Å². The van der Waals surface area contributed by atoms with Gasteiger partial charge in [-0.05, 0) is 19.1 Å². The molecule has 5 nitrogen and oxygen atoms in total. The zero-order valence-electron chi connectivity index (χ0n) is 11.0. The van der Waals surface area contributed by atoms with Crippen LogP contribution in [0.5, 0.6) is 0 Å². The van der Waals surface area contributed by atoms with Gasteiger partial charge in [0, 0.05) is 31.4 Å². The molecular formula is C14H17N3O2. The summed E-state index contributed by atoms with van der Waals surface area (Å²) in [7, 11) is 0. The summed E-state index contributed by atoms with van der Waals surface area (Å²) >= 11 is 0. The topological polar surface area (TPSA) is 46.8 Å². The van der Waals surface area contributed by atoms with E-state index >= 15 is 0 Å². The van der Waals surface area contributed by atoms with E-state index in [1.54, 1.807) is 10.5 Å². The number of aromatic nitrogens is 2. The molecule has 0 N–H and O–H groups in total. The standard InChI is InChI=1S/C14H17N3O2/c1-11-3-2-4-13-15-12(9-14(18)17(11)13)10-16-5-7-19-8-6-16/h2-4,9H,5-8,10H2,1H3. The number of morpholine rings is 1. The molecule has 1 fully saturated rings. The molecule has 0 atom stereocenters. The van der Waals surface area contributed by atoms with Crippen molar-refractivity contribution in [1.29, 1.82) is 0 Å². The van der Waals surface area contributed by atoms with E-state index in [-0.39, 0.29) is 5.56 Å². The van der Waals surface area contributed by atoms with Gasteiger partial charge in [0.05, 0.1) is 18.9 Å². The van der Waals surface area contributed by atoms with Crippen molar-refractivity contribution in [3.63, 3.8) is 0 Å². The van der Waals surface area contributed by atoms with Crippen molar-refractivity contribution >= 4 is 5.65 Å². The molecule has 2 aromatic rings. The highest BCUT2D eigenvalue weighted by Crippen LogP contribution is 2.06. The number of rotatable bonds is 2. The predicted octanol–water partition coefficient (Wildman–Crippen LogP) is 0.835. The Kier molecular flexibility index (Phi) is 3.31. The van der Waals surface area contributed by atoms with E-state index in [4.69, 9.17) is 4.74 Å². The second-order valence-electron chi connectivity index (χ2n) is 4.84.